The number of aliphatic hydroxyl groups is 4. The van der Waals surface area contributed by atoms with E-state index in [1.54, 1.807) is 4.57 Å². The molecule has 12 heteroatoms. The maximum atomic E-state index is 11.8. The summed E-state index contributed by atoms with van der Waals surface area (Å²) in [6.45, 7) is 2.14. The second kappa shape index (κ2) is 6.06. The topological polar surface area (TPSA) is 173 Å². The lowest BCUT2D eigenvalue weighted by Gasteiger charge is -2.48. The average molecular weight is 395 g/mol. The molecule has 1 saturated heterocycles. The van der Waals surface area contributed by atoms with Gasteiger partial charge in [-0.1, -0.05) is 0 Å². The second-order valence-corrected chi connectivity index (χ2v) is 7.44. The molecule has 1 fully saturated rings. The summed E-state index contributed by atoms with van der Waals surface area (Å²) in [6, 6.07) is 0. The van der Waals surface area contributed by atoms with E-state index in [2.05, 4.69) is 15.0 Å². The van der Waals surface area contributed by atoms with Crippen molar-refractivity contribution in [3.05, 3.63) is 12.0 Å². The molecular weight excluding hydrogens is 374 g/mol. The van der Waals surface area contributed by atoms with Crippen molar-refractivity contribution in [2.24, 2.45) is 9.98 Å². The summed E-state index contributed by atoms with van der Waals surface area (Å²) < 4.78 is 7.16. The van der Waals surface area contributed by atoms with Crippen LogP contribution in [0.25, 0.3) is 0 Å². The molecule has 0 spiro atoms. The highest BCUT2D eigenvalue weighted by molar-refractivity contribution is 6.11. The zero-order valence-corrected chi connectivity index (χ0v) is 15.2. The number of amidine groups is 1. The number of imidazole rings is 1. The first-order valence-electron chi connectivity index (χ1n) is 8.70. The fourth-order valence-electron chi connectivity index (χ4n) is 3.73. The van der Waals surface area contributed by atoms with Crippen LogP contribution in [0.2, 0.25) is 0 Å². The van der Waals surface area contributed by atoms with E-state index in [4.69, 9.17) is 4.74 Å². The molecule has 3 aliphatic heterocycles. The molecule has 12 nitrogen and oxygen atoms in total. The van der Waals surface area contributed by atoms with Gasteiger partial charge < -0.3 is 30.3 Å². The Morgan fingerprint density at radius 1 is 1.39 bits per heavy atom. The van der Waals surface area contributed by atoms with Crippen LogP contribution in [-0.2, 0) is 9.53 Å². The zero-order valence-electron chi connectivity index (χ0n) is 15.2. The Labute approximate surface area is 159 Å². The van der Waals surface area contributed by atoms with Gasteiger partial charge in [-0.25, -0.2) is 19.8 Å². The molecule has 4 rings (SSSR count). The number of aliphatic carboxylic acids is 1. The van der Waals surface area contributed by atoms with Crippen LogP contribution in [0, 0.1) is 0 Å². The van der Waals surface area contributed by atoms with E-state index < -0.39 is 41.8 Å². The Balaban J connectivity index is 1.79. The molecule has 0 aromatic carbocycles. The van der Waals surface area contributed by atoms with E-state index in [9.17, 15) is 30.3 Å². The number of aromatic nitrogens is 2. The number of hydrogen-bond acceptors (Lipinski definition) is 10. The van der Waals surface area contributed by atoms with Gasteiger partial charge in [-0.05, 0) is 13.8 Å². The van der Waals surface area contributed by atoms with Gasteiger partial charge in [-0.15, -0.1) is 0 Å². The van der Waals surface area contributed by atoms with Crippen LogP contribution in [0.1, 0.15) is 32.2 Å². The quantitative estimate of drug-likeness (QED) is 0.394. The molecule has 1 aromatic heterocycles. The summed E-state index contributed by atoms with van der Waals surface area (Å²) in [5.41, 5.74) is -3.78. The fraction of sp³-hybridized carbons (Fsp3) is 0.625. The lowest BCUT2D eigenvalue weighted by molar-refractivity contribution is -0.173. The third kappa shape index (κ3) is 2.42. The minimum Gasteiger partial charge on any atom is -0.479 e. The maximum Gasteiger partial charge on any atom is 0.334 e. The number of ether oxygens (including phenoxy) is 1. The number of carboxylic acids is 1. The van der Waals surface area contributed by atoms with Crippen LogP contribution in [0.3, 0.4) is 0 Å². The van der Waals surface area contributed by atoms with E-state index >= 15 is 0 Å². The molecule has 0 aliphatic carbocycles. The molecule has 152 valence electrons. The van der Waals surface area contributed by atoms with Gasteiger partial charge in [0.05, 0.1) is 19.0 Å². The van der Waals surface area contributed by atoms with Crippen LogP contribution in [0.4, 0.5) is 5.82 Å². The molecular formula is C16H21N5O7. The number of carbonyl (C=O) groups is 1. The Morgan fingerprint density at radius 2 is 2.11 bits per heavy atom. The standard InChI is InChI=1S/C16H21N5O7/c1-15(14(25)26)13(24)16(2,27)21-6-18-11-10(12(21)19-15)17-5-20(11)9-3-7(23)8(4-22)28-9/h5-9,13,22-24,27H,3-4H2,1-2H3,(H,25,26)/t7?,8?,9?,13-,15+,16-/m1/s1. The van der Waals surface area contributed by atoms with Crippen LogP contribution < -0.4 is 0 Å². The Morgan fingerprint density at radius 3 is 2.71 bits per heavy atom. The molecule has 1 aromatic rings. The Kier molecular flexibility index (Phi) is 4.10. The molecule has 4 heterocycles. The SMILES string of the molecule is C[C@]1(C(=O)O)N=C2c3ncn(C4CC(O)C(CO)O4)c3N=CN2[C@](C)(O)[C@@H]1O. The molecule has 0 bridgehead atoms. The summed E-state index contributed by atoms with van der Waals surface area (Å²) in [6.07, 6.45) is -1.09. The number of carboxylic acid groups (broad SMARTS) is 1. The first-order valence-corrected chi connectivity index (χ1v) is 8.70. The first kappa shape index (κ1) is 19.0. The van der Waals surface area contributed by atoms with Crippen LogP contribution in [-0.4, -0.2) is 94.3 Å². The number of aliphatic imine (C=N–C) groups is 2. The van der Waals surface area contributed by atoms with Crippen molar-refractivity contribution in [1.29, 1.82) is 0 Å². The number of nitrogens with zero attached hydrogens (tertiary/aromatic N) is 5. The van der Waals surface area contributed by atoms with Crippen molar-refractivity contribution in [2.75, 3.05) is 6.61 Å². The predicted molar refractivity (Wildman–Crippen MR) is 93.0 cm³/mol. The van der Waals surface area contributed by atoms with Crippen LogP contribution >= 0.6 is 0 Å². The van der Waals surface area contributed by atoms with Crippen molar-refractivity contribution in [3.8, 4) is 0 Å². The normalized spacial score (nSPS) is 39.5. The van der Waals surface area contributed by atoms with E-state index in [1.807, 2.05) is 0 Å². The van der Waals surface area contributed by atoms with Gasteiger partial charge in [0.25, 0.3) is 0 Å². The number of fused-ring (bicyclic) bond motifs is 3. The highest BCUT2D eigenvalue weighted by atomic mass is 16.5. The van der Waals surface area contributed by atoms with Crippen molar-refractivity contribution >= 4 is 24.0 Å². The van der Waals surface area contributed by atoms with Gasteiger partial charge in [0, 0.05) is 6.42 Å². The molecule has 3 aliphatic rings. The second-order valence-electron chi connectivity index (χ2n) is 7.44. The van der Waals surface area contributed by atoms with Gasteiger partial charge in [0.2, 0.25) is 0 Å². The summed E-state index contributed by atoms with van der Waals surface area (Å²) in [7, 11) is 0. The monoisotopic (exact) mass is 395 g/mol. The number of hydrogen-bond donors (Lipinski definition) is 5. The highest BCUT2D eigenvalue weighted by Crippen LogP contribution is 2.40. The van der Waals surface area contributed by atoms with Crippen LogP contribution in [0.15, 0.2) is 16.3 Å². The molecule has 0 radical (unpaired) electrons. The van der Waals surface area contributed by atoms with Gasteiger partial charge in [-0.2, -0.15) is 0 Å². The molecule has 28 heavy (non-hydrogen) atoms. The summed E-state index contributed by atoms with van der Waals surface area (Å²) in [5, 5.41) is 50.0. The van der Waals surface area contributed by atoms with E-state index in [-0.39, 0.29) is 24.6 Å². The Hall–Kier alpha value is -2.38. The summed E-state index contributed by atoms with van der Waals surface area (Å²) in [5.74, 6) is -1.06. The van der Waals surface area contributed by atoms with Crippen molar-refractivity contribution in [2.45, 2.75) is 56.1 Å². The highest BCUT2D eigenvalue weighted by Gasteiger charge is 2.58. The Bertz CT molecular complexity index is 881. The van der Waals surface area contributed by atoms with E-state index in [1.165, 1.54) is 31.4 Å². The average Bonchev–Trinajstić information content (AvgIpc) is 3.23. The summed E-state index contributed by atoms with van der Waals surface area (Å²) in [4.78, 5) is 25.6. The molecule has 0 amide bonds. The maximum absolute atomic E-state index is 11.8. The smallest absolute Gasteiger partial charge is 0.334 e. The zero-order chi connectivity index (χ0) is 20.4. The van der Waals surface area contributed by atoms with E-state index in [0.29, 0.717) is 5.82 Å². The molecule has 3 unspecified atom stereocenters. The largest absolute Gasteiger partial charge is 0.479 e. The lowest BCUT2D eigenvalue weighted by Crippen LogP contribution is -2.69. The van der Waals surface area contributed by atoms with Gasteiger partial charge >= 0.3 is 5.97 Å². The first-order chi connectivity index (χ1) is 13.1. The lowest BCUT2D eigenvalue weighted by atomic mass is 9.85. The molecule has 0 saturated carbocycles. The van der Waals surface area contributed by atoms with Gasteiger partial charge in [-0.3, -0.25) is 9.47 Å². The van der Waals surface area contributed by atoms with Crippen molar-refractivity contribution in [3.63, 3.8) is 0 Å². The van der Waals surface area contributed by atoms with Gasteiger partial charge in [0.15, 0.2) is 28.6 Å². The van der Waals surface area contributed by atoms with Gasteiger partial charge in [0.1, 0.15) is 24.8 Å². The number of rotatable bonds is 3. The molecule has 5 N–H and O–H groups in total. The number of aliphatic hydroxyl groups excluding tert-OH is 3. The van der Waals surface area contributed by atoms with Crippen molar-refractivity contribution < 1.29 is 35.1 Å². The predicted octanol–water partition coefficient (Wildman–Crippen LogP) is -1.83. The third-order valence-corrected chi connectivity index (χ3v) is 5.51. The fourth-order valence-corrected chi connectivity index (χ4v) is 3.73. The summed E-state index contributed by atoms with van der Waals surface area (Å²) >= 11 is 0. The van der Waals surface area contributed by atoms with Crippen molar-refractivity contribution in [1.82, 2.24) is 14.5 Å². The van der Waals surface area contributed by atoms with Crippen LogP contribution in [0.5, 0.6) is 0 Å². The minimum atomic E-state index is -2.00. The third-order valence-electron chi connectivity index (χ3n) is 5.51. The molecule has 6 atom stereocenters. The minimum absolute atomic E-state index is 0.0428. The van der Waals surface area contributed by atoms with E-state index in [0.717, 1.165) is 0 Å².